The zero-order valence-corrected chi connectivity index (χ0v) is 15.1. The first-order chi connectivity index (χ1) is 12.4. The Morgan fingerprint density at radius 3 is 2.88 bits per heavy atom. The lowest BCUT2D eigenvalue weighted by Gasteiger charge is -2.35. The second-order valence-corrected chi connectivity index (χ2v) is 6.84. The van der Waals surface area contributed by atoms with E-state index in [0.29, 0.717) is 11.3 Å². The summed E-state index contributed by atoms with van der Waals surface area (Å²) in [6, 6.07) is -0.0629. The summed E-state index contributed by atoms with van der Waals surface area (Å²) in [5.74, 6) is -0.517. The number of amides is 1. The van der Waals surface area contributed by atoms with Gasteiger partial charge in [0.25, 0.3) is 5.91 Å². The third kappa shape index (κ3) is 3.67. The van der Waals surface area contributed by atoms with Crippen LogP contribution in [0, 0.1) is 5.92 Å². The van der Waals surface area contributed by atoms with Gasteiger partial charge in [0.1, 0.15) is 11.1 Å². The van der Waals surface area contributed by atoms with Crippen molar-refractivity contribution in [2.75, 3.05) is 27.0 Å². The fraction of sp³-hybridized carbons (Fsp3) is 0.471. The first-order valence-electron chi connectivity index (χ1n) is 8.22. The van der Waals surface area contributed by atoms with Crippen LogP contribution >= 0.6 is 11.6 Å². The number of nitrogens with zero attached hydrogens (tertiary/aromatic N) is 2. The van der Waals surface area contributed by atoms with Gasteiger partial charge in [-0.05, 0) is 30.5 Å². The number of ether oxygens (including phenoxy) is 2. The Morgan fingerprint density at radius 2 is 2.19 bits per heavy atom. The van der Waals surface area contributed by atoms with Crippen molar-refractivity contribution in [3.63, 3.8) is 0 Å². The van der Waals surface area contributed by atoms with E-state index in [0.717, 1.165) is 18.5 Å². The SMILES string of the molecule is COCOC1=CC(=O)CN2CCC3C=C(C(=O)N=C(N)N)C=C(C1Cl)C32. The van der Waals surface area contributed by atoms with Crippen LogP contribution in [0.2, 0.25) is 0 Å². The fourth-order valence-electron chi connectivity index (χ4n) is 3.66. The van der Waals surface area contributed by atoms with E-state index in [1.165, 1.54) is 13.2 Å². The predicted octanol–water partition coefficient (Wildman–Crippen LogP) is 0.0378. The predicted molar refractivity (Wildman–Crippen MR) is 96.1 cm³/mol. The maximum absolute atomic E-state index is 12.3. The molecule has 2 heterocycles. The van der Waals surface area contributed by atoms with Crippen LogP contribution in [-0.4, -0.2) is 61.0 Å². The molecule has 2 aliphatic heterocycles. The number of hydrogen-bond acceptors (Lipinski definition) is 5. The van der Waals surface area contributed by atoms with E-state index >= 15 is 0 Å². The molecule has 0 aromatic rings. The van der Waals surface area contributed by atoms with Gasteiger partial charge in [-0.1, -0.05) is 6.08 Å². The van der Waals surface area contributed by atoms with Crippen molar-refractivity contribution in [3.05, 3.63) is 35.1 Å². The largest absolute Gasteiger partial charge is 0.470 e. The van der Waals surface area contributed by atoms with Gasteiger partial charge in [0, 0.05) is 24.8 Å². The molecule has 0 spiro atoms. The fourth-order valence-corrected chi connectivity index (χ4v) is 3.98. The van der Waals surface area contributed by atoms with Crippen molar-refractivity contribution in [2.24, 2.45) is 22.4 Å². The lowest BCUT2D eigenvalue weighted by Crippen LogP contribution is -2.43. The van der Waals surface area contributed by atoms with Crippen LogP contribution < -0.4 is 11.5 Å². The molecular weight excluding hydrogens is 360 g/mol. The monoisotopic (exact) mass is 380 g/mol. The number of aliphatic imine (C=N–C) groups is 1. The van der Waals surface area contributed by atoms with Gasteiger partial charge in [-0.2, -0.15) is 4.99 Å². The molecule has 8 nitrogen and oxygen atoms in total. The highest BCUT2D eigenvalue weighted by atomic mass is 35.5. The number of nitrogens with two attached hydrogens (primary N) is 2. The van der Waals surface area contributed by atoms with Crippen LogP contribution in [0.5, 0.6) is 0 Å². The van der Waals surface area contributed by atoms with Crippen LogP contribution in [0.25, 0.3) is 0 Å². The summed E-state index contributed by atoms with van der Waals surface area (Å²) in [6.45, 7) is 0.987. The molecule has 1 fully saturated rings. The minimum absolute atomic E-state index is 0.0248. The van der Waals surface area contributed by atoms with Crippen LogP contribution in [0.1, 0.15) is 6.42 Å². The summed E-state index contributed by atoms with van der Waals surface area (Å²) in [4.78, 5) is 30.3. The number of methoxy groups -OCH3 is 1. The molecule has 3 aliphatic rings. The number of hydrogen-bond donors (Lipinski definition) is 2. The van der Waals surface area contributed by atoms with Gasteiger partial charge in [0.05, 0.1) is 6.54 Å². The maximum Gasteiger partial charge on any atom is 0.279 e. The summed E-state index contributed by atoms with van der Waals surface area (Å²) < 4.78 is 10.4. The van der Waals surface area contributed by atoms with E-state index in [2.05, 4.69) is 9.89 Å². The average molecular weight is 381 g/mol. The minimum Gasteiger partial charge on any atom is -0.470 e. The molecule has 0 bridgehead atoms. The van der Waals surface area contributed by atoms with Gasteiger partial charge >= 0.3 is 0 Å². The zero-order chi connectivity index (χ0) is 18.8. The standard InChI is InChI=1S/C17H21ClN4O4/c1-25-8-26-13-6-11(23)7-22-3-2-9-4-10(16(24)21-17(19)20)5-12(14(13)18)15(9)22/h4-6,9,14-15H,2-3,7-8H2,1H3,(H4,19,20,21,24). The van der Waals surface area contributed by atoms with Crippen molar-refractivity contribution in [2.45, 2.75) is 17.8 Å². The first kappa shape index (κ1) is 18.6. The van der Waals surface area contributed by atoms with Gasteiger partial charge < -0.3 is 20.9 Å². The Balaban J connectivity index is 2.00. The number of alkyl halides is 1. The van der Waals surface area contributed by atoms with Crippen molar-refractivity contribution in [3.8, 4) is 0 Å². The molecule has 4 N–H and O–H groups in total. The molecule has 0 aromatic heterocycles. The molecular formula is C17H21ClN4O4. The number of carbonyl (C=O) groups is 2. The van der Waals surface area contributed by atoms with E-state index in [-0.39, 0.29) is 37.0 Å². The number of ketones is 1. The number of carbonyl (C=O) groups excluding carboxylic acids is 2. The lowest BCUT2D eigenvalue weighted by atomic mass is 9.83. The molecule has 140 valence electrons. The summed E-state index contributed by atoms with van der Waals surface area (Å²) in [5, 5.41) is -0.696. The number of halogens is 1. The molecule has 3 rings (SSSR count). The van der Waals surface area contributed by atoms with Crippen molar-refractivity contribution in [1.82, 2.24) is 4.90 Å². The Bertz CT molecular complexity index is 739. The molecule has 1 aliphatic carbocycles. The van der Waals surface area contributed by atoms with Gasteiger partial charge in [-0.25, -0.2) is 0 Å². The lowest BCUT2D eigenvalue weighted by molar-refractivity contribution is -0.116. The molecule has 26 heavy (non-hydrogen) atoms. The molecule has 0 saturated carbocycles. The highest BCUT2D eigenvalue weighted by Gasteiger charge is 2.43. The van der Waals surface area contributed by atoms with E-state index in [1.807, 2.05) is 6.08 Å². The highest BCUT2D eigenvalue weighted by molar-refractivity contribution is 6.24. The third-order valence-electron chi connectivity index (χ3n) is 4.63. The summed E-state index contributed by atoms with van der Waals surface area (Å²) in [7, 11) is 1.48. The van der Waals surface area contributed by atoms with Crippen molar-refractivity contribution >= 4 is 29.3 Å². The van der Waals surface area contributed by atoms with Crippen molar-refractivity contribution in [1.29, 1.82) is 0 Å². The number of guanidine groups is 1. The van der Waals surface area contributed by atoms with Gasteiger partial charge in [-0.3, -0.25) is 14.5 Å². The number of allylic oxidation sites excluding steroid dienone is 1. The van der Waals surface area contributed by atoms with E-state index in [9.17, 15) is 9.59 Å². The molecule has 9 heteroatoms. The Kier molecular flexibility index (Phi) is 5.45. The van der Waals surface area contributed by atoms with Crippen LogP contribution in [0.3, 0.4) is 0 Å². The molecule has 3 atom stereocenters. The molecule has 1 amide bonds. The van der Waals surface area contributed by atoms with Crippen LogP contribution in [0.15, 0.2) is 40.1 Å². The maximum atomic E-state index is 12.3. The Hall–Kier alpha value is -2.16. The van der Waals surface area contributed by atoms with E-state index in [1.54, 1.807) is 6.08 Å². The Morgan fingerprint density at radius 1 is 1.42 bits per heavy atom. The minimum atomic E-state index is -0.696. The topological polar surface area (TPSA) is 120 Å². The smallest absolute Gasteiger partial charge is 0.279 e. The van der Waals surface area contributed by atoms with Crippen LogP contribution in [-0.2, 0) is 19.1 Å². The first-order valence-corrected chi connectivity index (χ1v) is 8.66. The normalized spacial score (nSPS) is 28.2. The second-order valence-electron chi connectivity index (χ2n) is 6.40. The quantitative estimate of drug-likeness (QED) is 0.305. The van der Waals surface area contributed by atoms with E-state index in [4.69, 9.17) is 32.5 Å². The molecule has 1 saturated heterocycles. The van der Waals surface area contributed by atoms with Gasteiger partial charge in [0.15, 0.2) is 18.5 Å². The van der Waals surface area contributed by atoms with Gasteiger partial charge in [0.2, 0.25) is 0 Å². The summed E-state index contributed by atoms with van der Waals surface area (Å²) in [6.07, 6.45) is 5.77. The van der Waals surface area contributed by atoms with Crippen LogP contribution in [0.4, 0.5) is 0 Å². The summed E-state index contributed by atoms with van der Waals surface area (Å²) in [5.41, 5.74) is 11.8. The van der Waals surface area contributed by atoms with Crippen molar-refractivity contribution < 1.29 is 19.1 Å². The molecule has 0 radical (unpaired) electrons. The molecule has 0 aromatic carbocycles. The van der Waals surface area contributed by atoms with Gasteiger partial charge in [-0.15, -0.1) is 11.6 Å². The highest BCUT2D eigenvalue weighted by Crippen LogP contribution is 2.41. The molecule has 3 unspecified atom stereocenters. The Labute approximate surface area is 156 Å². The zero-order valence-electron chi connectivity index (χ0n) is 14.4. The average Bonchev–Trinajstić information content (AvgIpc) is 2.98. The summed E-state index contributed by atoms with van der Waals surface area (Å²) >= 11 is 6.65. The van der Waals surface area contributed by atoms with E-state index < -0.39 is 11.3 Å². The second kappa shape index (κ2) is 7.61. The third-order valence-corrected chi connectivity index (χ3v) is 5.10. The number of rotatable bonds is 4.